The van der Waals surface area contributed by atoms with Gasteiger partial charge in [-0.05, 0) is 6.42 Å². The molecule has 3 atom stereocenters. The Morgan fingerprint density at radius 2 is 2.31 bits per heavy atom. The van der Waals surface area contributed by atoms with Crippen molar-refractivity contribution < 1.29 is 5.11 Å². The Hall–Kier alpha value is 0.170. The predicted molar refractivity (Wildman–Crippen MR) is 54.9 cm³/mol. The second kappa shape index (κ2) is 5.15. The Labute approximate surface area is 84.9 Å². The standard InChI is InChI=1S/C9H19ClN2O/c1-6(2)12-8-5-11-9(13)7(8)3-4-10/h6-9,11-13H,3-5H2,1-2H3. The molecule has 1 aliphatic heterocycles. The number of nitrogens with one attached hydrogen (secondary N) is 2. The molecule has 3 N–H and O–H groups in total. The van der Waals surface area contributed by atoms with Crippen LogP contribution in [0, 0.1) is 5.92 Å². The van der Waals surface area contributed by atoms with Gasteiger partial charge in [-0.1, -0.05) is 13.8 Å². The van der Waals surface area contributed by atoms with Gasteiger partial charge in [0.05, 0.1) is 0 Å². The fraction of sp³-hybridized carbons (Fsp3) is 1.00. The molecule has 0 saturated carbocycles. The number of aliphatic hydroxyl groups is 1. The maximum atomic E-state index is 9.59. The van der Waals surface area contributed by atoms with Crippen molar-refractivity contribution in [1.82, 2.24) is 10.6 Å². The predicted octanol–water partition coefficient (Wildman–Crippen LogP) is 0.520. The Balaban J connectivity index is 2.43. The summed E-state index contributed by atoms with van der Waals surface area (Å²) in [5.74, 6) is 0.861. The summed E-state index contributed by atoms with van der Waals surface area (Å²) in [5.41, 5.74) is 0. The van der Waals surface area contributed by atoms with Gasteiger partial charge in [0.1, 0.15) is 6.23 Å². The summed E-state index contributed by atoms with van der Waals surface area (Å²) in [5, 5.41) is 16.1. The Bertz CT molecular complexity index is 155. The highest BCUT2D eigenvalue weighted by molar-refractivity contribution is 6.17. The van der Waals surface area contributed by atoms with Crippen LogP contribution in [-0.4, -0.2) is 35.8 Å². The zero-order valence-electron chi connectivity index (χ0n) is 8.26. The lowest BCUT2D eigenvalue weighted by Crippen LogP contribution is -2.41. The molecule has 1 heterocycles. The minimum atomic E-state index is -0.394. The molecule has 1 aliphatic rings. The number of alkyl halides is 1. The molecule has 78 valence electrons. The minimum Gasteiger partial charge on any atom is -0.378 e. The molecule has 4 heteroatoms. The summed E-state index contributed by atoms with van der Waals surface area (Å²) in [4.78, 5) is 0. The summed E-state index contributed by atoms with van der Waals surface area (Å²) >= 11 is 5.68. The van der Waals surface area contributed by atoms with Crippen LogP contribution in [0.2, 0.25) is 0 Å². The number of hydrogen-bond acceptors (Lipinski definition) is 3. The summed E-state index contributed by atoms with van der Waals surface area (Å²) in [6.07, 6.45) is 0.468. The Morgan fingerprint density at radius 1 is 1.62 bits per heavy atom. The van der Waals surface area contributed by atoms with Crippen LogP contribution in [0.25, 0.3) is 0 Å². The third kappa shape index (κ3) is 3.09. The second-order valence-electron chi connectivity index (χ2n) is 3.92. The van der Waals surface area contributed by atoms with Gasteiger partial charge in [-0.25, -0.2) is 0 Å². The van der Waals surface area contributed by atoms with Crippen LogP contribution in [0.5, 0.6) is 0 Å². The molecule has 0 bridgehead atoms. The molecule has 3 nitrogen and oxygen atoms in total. The summed E-state index contributed by atoms with van der Waals surface area (Å²) in [7, 11) is 0. The maximum absolute atomic E-state index is 9.59. The van der Waals surface area contributed by atoms with Gasteiger partial charge in [0.2, 0.25) is 0 Å². The van der Waals surface area contributed by atoms with Crippen LogP contribution in [0.15, 0.2) is 0 Å². The SMILES string of the molecule is CC(C)NC1CNC(O)C1CCCl. The first-order valence-corrected chi connectivity index (χ1v) is 5.42. The van der Waals surface area contributed by atoms with Gasteiger partial charge >= 0.3 is 0 Å². The maximum Gasteiger partial charge on any atom is 0.109 e. The monoisotopic (exact) mass is 206 g/mol. The van der Waals surface area contributed by atoms with Gasteiger partial charge in [0.25, 0.3) is 0 Å². The first-order valence-electron chi connectivity index (χ1n) is 4.88. The highest BCUT2D eigenvalue weighted by Crippen LogP contribution is 2.19. The molecular formula is C9H19ClN2O. The molecule has 0 amide bonds. The van der Waals surface area contributed by atoms with Crippen LogP contribution in [-0.2, 0) is 0 Å². The van der Waals surface area contributed by atoms with Gasteiger partial charge in [0.15, 0.2) is 0 Å². The van der Waals surface area contributed by atoms with Crippen molar-refractivity contribution in [3.8, 4) is 0 Å². The van der Waals surface area contributed by atoms with Crippen LogP contribution in [0.3, 0.4) is 0 Å². The van der Waals surface area contributed by atoms with E-state index < -0.39 is 6.23 Å². The molecule has 0 spiro atoms. The fourth-order valence-corrected chi connectivity index (χ4v) is 2.12. The molecule has 1 rings (SSSR count). The molecule has 1 saturated heterocycles. The van der Waals surface area contributed by atoms with E-state index in [1.165, 1.54) is 0 Å². The van der Waals surface area contributed by atoms with E-state index in [0.29, 0.717) is 18.0 Å². The van der Waals surface area contributed by atoms with Gasteiger partial charge < -0.3 is 10.4 Å². The van der Waals surface area contributed by atoms with Crippen molar-refractivity contribution in [1.29, 1.82) is 0 Å². The Morgan fingerprint density at radius 3 is 2.85 bits per heavy atom. The van der Waals surface area contributed by atoms with Gasteiger partial charge in [0, 0.05) is 30.4 Å². The molecule has 0 aromatic rings. The van der Waals surface area contributed by atoms with Crippen molar-refractivity contribution in [3.63, 3.8) is 0 Å². The van der Waals surface area contributed by atoms with E-state index in [1.54, 1.807) is 0 Å². The van der Waals surface area contributed by atoms with E-state index in [0.717, 1.165) is 13.0 Å². The van der Waals surface area contributed by atoms with E-state index in [2.05, 4.69) is 24.5 Å². The zero-order chi connectivity index (χ0) is 9.84. The molecular weight excluding hydrogens is 188 g/mol. The van der Waals surface area contributed by atoms with Crippen LogP contribution < -0.4 is 10.6 Å². The number of hydrogen-bond donors (Lipinski definition) is 3. The highest BCUT2D eigenvalue weighted by Gasteiger charge is 2.33. The smallest absolute Gasteiger partial charge is 0.109 e. The third-order valence-electron chi connectivity index (χ3n) is 2.46. The lowest BCUT2D eigenvalue weighted by molar-refractivity contribution is 0.102. The van der Waals surface area contributed by atoms with E-state index in [1.807, 2.05) is 0 Å². The topological polar surface area (TPSA) is 44.3 Å². The minimum absolute atomic E-state index is 0.250. The molecule has 0 aromatic heterocycles. The highest BCUT2D eigenvalue weighted by atomic mass is 35.5. The van der Waals surface area contributed by atoms with E-state index in [9.17, 15) is 5.11 Å². The summed E-state index contributed by atoms with van der Waals surface area (Å²) in [6, 6.07) is 0.809. The normalized spacial score (nSPS) is 34.4. The molecule has 0 aromatic carbocycles. The molecule has 1 fully saturated rings. The average Bonchev–Trinajstić information content (AvgIpc) is 2.35. The molecule has 3 unspecified atom stereocenters. The van der Waals surface area contributed by atoms with Crippen molar-refractivity contribution in [3.05, 3.63) is 0 Å². The van der Waals surface area contributed by atoms with Crippen molar-refractivity contribution in [2.45, 2.75) is 38.6 Å². The lowest BCUT2D eigenvalue weighted by atomic mass is 9.98. The largest absolute Gasteiger partial charge is 0.378 e. The zero-order valence-corrected chi connectivity index (χ0v) is 9.01. The number of aliphatic hydroxyl groups excluding tert-OH is 1. The van der Waals surface area contributed by atoms with Crippen LogP contribution in [0.4, 0.5) is 0 Å². The first-order chi connectivity index (χ1) is 6.15. The molecule has 0 radical (unpaired) electrons. The fourth-order valence-electron chi connectivity index (χ4n) is 1.87. The third-order valence-corrected chi connectivity index (χ3v) is 2.68. The van der Waals surface area contributed by atoms with Crippen molar-refractivity contribution in [2.24, 2.45) is 5.92 Å². The molecule has 13 heavy (non-hydrogen) atoms. The average molecular weight is 207 g/mol. The first kappa shape index (κ1) is 11.2. The van der Waals surface area contributed by atoms with E-state index in [4.69, 9.17) is 11.6 Å². The van der Waals surface area contributed by atoms with Crippen LogP contribution >= 0.6 is 11.6 Å². The van der Waals surface area contributed by atoms with E-state index in [-0.39, 0.29) is 5.92 Å². The summed E-state index contributed by atoms with van der Waals surface area (Å²) < 4.78 is 0. The van der Waals surface area contributed by atoms with Gasteiger partial charge in [-0.3, -0.25) is 5.32 Å². The van der Waals surface area contributed by atoms with Gasteiger partial charge in [-0.15, -0.1) is 11.6 Å². The van der Waals surface area contributed by atoms with Crippen molar-refractivity contribution in [2.75, 3.05) is 12.4 Å². The van der Waals surface area contributed by atoms with E-state index >= 15 is 0 Å². The number of rotatable bonds is 4. The second-order valence-corrected chi connectivity index (χ2v) is 4.30. The van der Waals surface area contributed by atoms with Crippen LogP contribution in [0.1, 0.15) is 20.3 Å². The lowest BCUT2D eigenvalue weighted by Gasteiger charge is -2.23. The van der Waals surface area contributed by atoms with Crippen molar-refractivity contribution >= 4 is 11.6 Å². The summed E-state index contributed by atoms with van der Waals surface area (Å²) in [6.45, 7) is 5.06. The quantitative estimate of drug-likeness (QED) is 0.588. The molecule has 0 aliphatic carbocycles. The Kier molecular flexibility index (Phi) is 4.46. The van der Waals surface area contributed by atoms with Gasteiger partial charge in [-0.2, -0.15) is 0 Å². The number of halogens is 1.